The molecule has 0 saturated heterocycles. The Morgan fingerprint density at radius 3 is 2.47 bits per heavy atom. The highest BCUT2D eigenvalue weighted by Gasteiger charge is 2.08. The first-order valence-electron chi connectivity index (χ1n) is 5.56. The standard InChI is InChI=1S/C14H13BrN2OS/c1-19-11-5-3-10(4-6-11)18-13-8-9(15)2-7-12(13)14(16)17/h2-8H,1H3,(H3,16,17). The highest BCUT2D eigenvalue weighted by atomic mass is 79.9. The molecule has 0 aliphatic heterocycles. The van der Waals surface area contributed by atoms with Crippen molar-refractivity contribution in [3.63, 3.8) is 0 Å². The van der Waals surface area contributed by atoms with Gasteiger partial charge in [-0.2, -0.15) is 0 Å². The third-order valence-corrected chi connectivity index (χ3v) is 3.76. The first kappa shape index (κ1) is 14.0. The number of amidine groups is 1. The molecule has 3 nitrogen and oxygen atoms in total. The second kappa shape index (κ2) is 6.12. The third-order valence-electron chi connectivity index (χ3n) is 2.52. The van der Waals surface area contributed by atoms with Gasteiger partial charge < -0.3 is 10.5 Å². The third kappa shape index (κ3) is 3.52. The fraction of sp³-hybridized carbons (Fsp3) is 0.0714. The van der Waals surface area contributed by atoms with Gasteiger partial charge in [0.15, 0.2) is 0 Å². The number of nitrogens with two attached hydrogens (primary N) is 1. The molecule has 0 aliphatic carbocycles. The van der Waals surface area contributed by atoms with E-state index in [1.165, 1.54) is 4.90 Å². The first-order chi connectivity index (χ1) is 9.10. The van der Waals surface area contributed by atoms with Crippen molar-refractivity contribution < 1.29 is 4.74 Å². The second-order valence-corrected chi connectivity index (χ2v) is 5.63. The minimum atomic E-state index is -0.0109. The number of rotatable bonds is 4. The summed E-state index contributed by atoms with van der Waals surface area (Å²) in [5, 5.41) is 7.56. The fourth-order valence-electron chi connectivity index (χ4n) is 1.57. The van der Waals surface area contributed by atoms with Crippen LogP contribution in [0.25, 0.3) is 0 Å². The van der Waals surface area contributed by atoms with E-state index in [1.807, 2.05) is 36.6 Å². The number of halogens is 1. The first-order valence-corrected chi connectivity index (χ1v) is 7.58. The lowest BCUT2D eigenvalue weighted by Crippen LogP contribution is -2.12. The lowest BCUT2D eigenvalue weighted by atomic mass is 10.2. The molecule has 0 bridgehead atoms. The molecule has 0 aromatic heterocycles. The Balaban J connectivity index is 2.31. The molecule has 0 radical (unpaired) electrons. The lowest BCUT2D eigenvalue weighted by Gasteiger charge is -2.11. The maximum Gasteiger partial charge on any atom is 0.139 e. The Bertz CT molecular complexity index is 599. The van der Waals surface area contributed by atoms with Crippen LogP contribution < -0.4 is 10.5 Å². The monoisotopic (exact) mass is 336 g/mol. The zero-order valence-corrected chi connectivity index (χ0v) is 12.7. The zero-order valence-electron chi connectivity index (χ0n) is 10.3. The summed E-state index contributed by atoms with van der Waals surface area (Å²) in [6.07, 6.45) is 2.03. The van der Waals surface area contributed by atoms with Gasteiger partial charge in [-0.05, 0) is 48.7 Å². The Hall–Kier alpha value is -1.46. The Morgan fingerprint density at radius 1 is 1.21 bits per heavy atom. The molecule has 0 fully saturated rings. The summed E-state index contributed by atoms with van der Waals surface area (Å²) in [5.41, 5.74) is 6.13. The van der Waals surface area contributed by atoms with Crippen molar-refractivity contribution in [2.45, 2.75) is 4.90 Å². The number of ether oxygens (including phenoxy) is 1. The molecule has 3 N–H and O–H groups in total. The molecule has 5 heteroatoms. The molecule has 0 saturated carbocycles. The van der Waals surface area contributed by atoms with Crippen molar-refractivity contribution in [3.8, 4) is 11.5 Å². The normalized spacial score (nSPS) is 10.2. The van der Waals surface area contributed by atoms with Crippen LogP contribution in [0.5, 0.6) is 11.5 Å². The number of benzene rings is 2. The van der Waals surface area contributed by atoms with E-state index in [1.54, 1.807) is 23.9 Å². The highest BCUT2D eigenvalue weighted by Crippen LogP contribution is 2.29. The van der Waals surface area contributed by atoms with Gasteiger partial charge in [0.2, 0.25) is 0 Å². The van der Waals surface area contributed by atoms with E-state index >= 15 is 0 Å². The van der Waals surface area contributed by atoms with Gasteiger partial charge in [-0.1, -0.05) is 15.9 Å². The van der Waals surface area contributed by atoms with Crippen LogP contribution in [0.15, 0.2) is 51.8 Å². The average Bonchev–Trinajstić information content (AvgIpc) is 2.39. The molecule has 98 valence electrons. The summed E-state index contributed by atoms with van der Waals surface area (Å²) < 4.78 is 6.67. The van der Waals surface area contributed by atoms with Gasteiger partial charge in [0.25, 0.3) is 0 Å². The van der Waals surface area contributed by atoms with E-state index < -0.39 is 0 Å². The molecular weight excluding hydrogens is 324 g/mol. The van der Waals surface area contributed by atoms with E-state index in [-0.39, 0.29) is 5.84 Å². The van der Waals surface area contributed by atoms with Crippen molar-refractivity contribution in [3.05, 3.63) is 52.5 Å². The van der Waals surface area contributed by atoms with E-state index in [0.29, 0.717) is 11.3 Å². The minimum absolute atomic E-state index is 0.0109. The SMILES string of the molecule is CSc1ccc(Oc2cc(Br)ccc2C(=N)N)cc1. The van der Waals surface area contributed by atoms with Crippen molar-refractivity contribution in [2.75, 3.05) is 6.26 Å². The van der Waals surface area contributed by atoms with Crippen LogP contribution in [-0.4, -0.2) is 12.1 Å². The molecule has 19 heavy (non-hydrogen) atoms. The van der Waals surface area contributed by atoms with E-state index in [4.69, 9.17) is 15.9 Å². The molecule has 0 spiro atoms. The summed E-state index contributed by atoms with van der Waals surface area (Å²) in [4.78, 5) is 1.17. The van der Waals surface area contributed by atoms with Crippen LogP contribution in [0.4, 0.5) is 0 Å². The molecule has 0 atom stereocenters. The number of hydrogen-bond donors (Lipinski definition) is 2. The molecule has 2 aromatic rings. The Morgan fingerprint density at radius 2 is 1.89 bits per heavy atom. The smallest absolute Gasteiger partial charge is 0.139 e. The number of thioether (sulfide) groups is 1. The van der Waals surface area contributed by atoms with Gasteiger partial charge in [0.1, 0.15) is 17.3 Å². The quantitative estimate of drug-likeness (QED) is 0.498. The fourth-order valence-corrected chi connectivity index (χ4v) is 2.32. The topological polar surface area (TPSA) is 59.1 Å². The van der Waals surface area contributed by atoms with Gasteiger partial charge in [-0.3, -0.25) is 5.41 Å². The van der Waals surface area contributed by atoms with E-state index in [2.05, 4.69) is 15.9 Å². The van der Waals surface area contributed by atoms with Gasteiger partial charge in [-0.25, -0.2) is 0 Å². The van der Waals surface area contributed by atoms with Crippen molar-refractivity contribution in [2.24, 2.45) is 5.73 Å². The van der Waals surface area contributed by atoms with Gasteiger partial charge in [0, 0.05) is 9.37 Å². The molecule has 0 heterocycles. The van der Waals surface area contributed by atoms with Crippen LogP contribution in [0.2, 0.25) is 0 Å². The van der Waals surface area contributed by atoms with Gasteiger partial charge in [0.05, 0.1) is 5.56 Å². The van der Waals surface area contributed by atoms with Gasteiger partial charge >= 0.3 is 0 Å². The Kier molecular flexibility index (Phi) is 4.50. The van der Waals surface area contributed by atoms with Crippen molar-refractivity contribution in [1.29, 1.82) is 5.41 Å². The molecule has 2 aromatic carbocycles. The largest absolute Gasteiger partial charge is 0.457 e. The van der Waals surface area contributed by atoms with Gasteiger partial charge in [-0.15, -0.1) is 11.8 Å². The van der Waals surface area contributed by atoms with Crippen LogP contribution in [0.3, 0.4) is 0 Å². The van der Waals surface area contributed by atoms with Crippen LogP contribution in [0.1, 0.15) is 5.56 Å². The predicted molar refractivity (Wildman–Crippen MR) is 83.5 cm³/mol. The van der Waals surface area contributed by atoms with Crippen LogP contribution >= 0.6 is 27.7 Å². The molecule has 2 rings (SSSR count). The second-order valence-electron chi connectivity index (χ2n) is 3.83. The van der Waals surface area contributed by atoms with Crippen molar-refractivity contribution >= 4 is 33.5 Å². The molecule has 0 amide bonds. The molecular formula is C14H13BrN2OS. The minimum Gasteiger partial charge on any atom is -0.457 e. The summed E-state index contributed by atoms with van der Waals surface area (Å²) in [6.45, 7) is 0. The summed E-state index contributed by atoms with van der Waals surface area (Å²) in [5.74, 6) is 1.28. The maximum absolute atomic E-state index is 7.56. The van der Waals surface area contributed by atoms with Crippen molar-refractivity contribution in [1.82, 2.24) is 0 Å². The summed E-state index contributed by atoms with van der Waals surface area (Å²) >= 11 is 5.06. The molecule has 0 aliphatic rings. The average molecular weight is 337 g/mol. The van der Waals surface area contributed by atoms with Crippen LogP contribution in [0, 0.1) is 5.41 Å². The lowest BCUT2D eigenvalue weighted by molar-refractivity contribution is 0.481. The van der Waals surface area contributed by atoms with Crippen LogP contribution in [-0.2, 0) is 0 Å². The van der Waals surface area contributed by atoms with E-state index in [9.17, 15) is 0 Å². The summed E-state index contributed by atoms with van der Waals surface area (Å²) in [6, 6.07) is 13.2. The Labute approximate surface area is 124 Å². The zero-order chi connectivity index (χ0) is 13.8. The maximum atomic E-state index is 7.56. The highest BCUT2D eigenvalue weighted by molar-refractivity contribution is 9.10. The summed E-state index contributed by atoms with van der Waals surface area (Å²) in [7, 11) is 0. The number of nitrogens with one attached hydrogen (secondary N) is 1. The number of nitrogen functional groups attached to an aromatic ring is 1. The number of hydrogen-bond acceptors (Lipinski definition) is 3. The van der Waals surface area contributed by atoms with E-state index in [0.717, 1.165) is 10.2 Å². The predicted octanol–water partition coefficient (Wildman–Crippen LogP) is 4.25. The molecule has 0 unspecified atom stereocenters.